The molecule has 1 fully saturated rings. The Morgan fingerprint density at radius 3 is 3.00 bits per heavy atom. The lowest BCUT2D eigenvalue weighted by Crippen LogP contribution is -1.96. The van der Waals surface area contributed by atoms with Crippen molar-refractivity contribution >= 4 is 17.3 Å². The molecule has 0 bridgehead atoms. The molecule has 1 saturated carbocycles. The molecule has 0 aliphatic heterocycles. The van der Waals surface area contributed by atoms with Crippen molar-refractivity contribution in [1.29, 1.82) is 0 Å². The van der Waals surface area contributed by atoms with E-state index < -0.39 is 5.97 Å². The Hall–Kier alpha value is -0.900. The van der Waals surface area contributed by atoms with E-state index in [2.05, 4.69) is 4.98 Å². The van der Waals surface area contributed by atoms with Crippen molar-refractivity contribution in [2.24, 2.45) is 0 Å². The molecule has 1 heterocycles. The SMILES string of the molecule is O=C(O)c1scnc1C1CC1. The molecular formula is C7H7NO2S. The van der Waals surface area contributed by atoms with Crippen LogP contribution in [0.1, 0.15) is 34.1 Å². The lowest BCUT2D eigenvalue weighted by atomic mass is 10.2. The Kier molecular flexibility index (Phi) is 1.42. The van der Waals surface area contributed by atoms with E-state index in [1.165, 1.54) is 11.3 Å². The van der Waals surface area contributed by atoms with Crippen LogP contribution in [0.5, 0.6) is 0 Å². The van der Waals surface area contributed by atoms with Crippen molar-refractivity contribution < 1.29 is 9.90 Å². The number of carboxylic acid groups (broad SMARTS) is 1. The third kappa shape index (κ3) is 1.14. The maximum absolute atomic E-state index is 10.6. The van der Waals surface area contributed by atoms with E-state index in [9.17, 15) is 4.79 Å². The number of hydrogen-bond donors (Lipinski definition) is 1. The molecule has 3 nitrogen and oxygen atoms in total. The summed E-state index contributed by atoms with van der Waals surface area (Å²) < 4.78 is 0. The fourth-order valence-electron chi connectivity index (χ4n) is 1.06. The summed E-state index contributed by atoms with van der Waals surface area (Å²) in [5.41, 5.74) is 2.40. The van der Waals surface area contributed by atoms with E-state index in [0.29, 0.717) is 10.8 Å². The van der Waals surface area contributed by atoms with Gasteiger partial charge in [0.15, 0.2) is 0 Å². The van der Waals surface area contributed by atoms with Crippen molar-refractivity contribution in [2.75, 3.05) is 0 Å². The molecule has 1 aromatic rings. The van der Waals surface area contributed by atoms with Gasteiger partial charge in [0.1, 0.15) is 4.88 Å². The van der Waals surface area contributed by atoms with Crippen molar-refractivity contribution in [2.45, 2.75) is 18.8 Å². The van der Waals surface area contributed by atoms with E-state index >= 15 is 0 Å². The summed E-state index contributed by atoms with van der Waals surface area (Å²) in [7, 11) is 0. The summed E-state index contributed by atoms with van der Waals surface area (Å²) in [4.78, 5) is 15.0. The van der Waals surface area contributed by atoms with Gasteiger partial charge in [-0.15, -0.1) is 11.3 Å². The maximum Gasteiger partial charge on any atom is 0.347 e. The van der Waals surface area contributed by atoms with Crippen LogP contribution in [0.2, 0.25) is 0 Å². The highest BCUT2D eigenvalue weighted by Gasteiger charge is 2.30. The summed E-state index contributed by atoms with van der Waals surface area (Å²) >= 11 is 1.22. The number of nitrogens with zero attached hydrogens (tertiary/aromatic N) is 1. The molecule has 0 saturated heterocycles. The van der Waals surface area contributed by atoms with Crippen LogP contribution < -0.4 is 0 Å². The van der Waals surface area contributed by atoms with Crippen LogP contribution in [0.25, 0.3) is 0 Å². The minimum Gasteiger partial charge on any atom is -0.477 e. The van der Waals surface area contributed by atoms with E-state index in [1.54, 1.807) is 5.51 Å². The number of rotatable bonds is 2. The van der Waals surface area contributed by atoms with Gasteiger partial charge in [-0.05, 0) is 12.8 Å². The molecule has 0 atom stereocenters. The fraction of sp³-hybridized carbons (Fsp3) is 0.429. The average Bonchev–Trinajstić information content (AvgIpc) is 2.68. The van der Waals surface area contributed by atoms with Crippen LogP contribution in [-0.2, 0) is 0 Å². The monoisotopic (exact) mass is 169 g/mol. The Morgan fingerprint density at radius 2 is 2.45 bits per heavy atom. The molecule has 58 valence electrons. The molecule has 4 heteroatoms. The van der Waals surface area contributed by atoms with Gasteiger partial charge in [-0.25, -0.2) is 9.78 Å². The van der Waals surface area contributed by atoms with Crippen LogP contribution in [0, 0.1) is 0 Å². The van der Waals surface area contributed by atoms with Gasteiger partial charge in [-0.3, -0.25) is 0 Å². The Balaban J connectivity index is 2.37. The van der Waals surface area contributed by atoms with Crippen molar-refractivity contribution in [3.05, 3.63) is 16.1 Å². The van der Waals surface area contributed by atoms with Gasteiger partial charge in [0.05, 0.1) is 11.2 Å². The highest BCUT2D eigenvalue weighted by molar-refractivity contribution is 7.11. The molecule has 1 N–H and O–H groups in total. The topological polar surface area (TPSA) is 50.2 Å². The number of aromatic carboxylic acids is 1. The minimum atomic E-state index is -0.839. The zero-order valence-corrected chi connectivity index (χ0v) is 6.60. The van der Waals surface area contributed by atoms with Gasteiger partial charge in [0, 0.05) is 5.92 Å². The molecule has 0 radical (unpaired) electrons. The van der Waals surface area contributed by atoms with Crippen LogP contribution in [0.4, 0.5) is 0 Å². The molecule has 11 heavy (non-hydrogen) atoms. The molecule has 0 spiro atoms. The number of carboxylic acids is 1. The number of hydrogen-bond acceptors (Lipinski definition) is 3. The largest absolute Gasteiger partial charge is 0.477 e. The summed E-state index contributed by atoms with van der Waals surface area (Å²) in [5.74, 6) is -0.401. The second kappa shape index (κ2) is 2.30. The van der Waals surface area contributed by atoms with Crippen LogP contribution in [-0.4, -0.2) is 16.1 Å². The predicted octanol–water partition coefficient (Wildman–Crippen LogP) is 1.72. The van der Waals surface area contributed by atoms with Crippen molar-refractivity contribution in [1.82, 2.24) is 4.98 Å². The average molecular weight is 169 g/mol. The lowest BCUT2D eigenvalue weighted by molar-refractivity contribution is 0.0700. The molecule has 0 amide bonds. The standard InChI is InChI=1S/C7H7NO2S/c9-7(10)6-5(4-1-2-4)8-3-11-6/h3-4H,1-2H2,(H,9,10). The summed E-state index contributed by atoms with van der Waals surface area (Å²) in [5, 5.41) is 8.70. The van der Waals surface area contributed by atoms with Crippen LogP contribution in [0.3, 0.4) is 0 Å². The fourth-order valence-corrected chi connectivity index (χ4v) is 1.77. The molecule has 1 aliphatic carbocycles. The van der Waals surface area contributed by atoms with E-state index in [1.807, 2.05) is 0 Å². The quantitative estimate of drug-likeness (QED) is 0.733. The van der Waals surface area contributed by atoms with Gasteiger partial charge >= 0.3 is 5.97 Å². The smallest absolute Gasteiger partial charge is 0.347 e. The summed E-state index contributed by atoms with van der Waals surface area (Å²) in [6.07, 6.45) is 2.20. The summed E-state index contributed by atoms with van der Waals surface area (Å²) in [6.45, 7) is 0. The molecule has 2 rings (SSSR count). The Bertz CT molecular complexity index is 290. The number of aromatic nitrogens is 1. The predicted molar refractivity (Wildman–Crippen MR) is 41.0 cm³/mol. The van der Waals surface area contributed by atoms with E-state index in [0.717, 1.165) is 18.5 Å². The normalized spacial score (nSPS) is 16.7. The first kappa shape index (κ1) is 6.79. The zero-order chi connectivity index (χ0) is 7.84. The third-order valence-electron chi connectivity index (χ3n) is 1.75. The second-order valence-corrected chi connectivity index (χ2v) is 3.50. The first-order valence-corrected chi connectivity index (χ1v) is 4.33. The molecule has 0 aromatic carbocycles. The first-order valence-electron chi connectivity index (χ1n) is 3.45. The van der Waals surface area contributed by atoms with E-state index in [-0.39, 0.29) is 0 Å². The maximum atomic E-state index is 10.6. The third-order valence-corrected chi connectivity index (χ3v) is 2.58. The van der Waals surface area contributed by atoms with Crippen LogP contribution in [0.15, 0.2) is 5.51 Å². The zero-order valence-electron chi connectivity index (χ0n) is 5.78. The molecular weight excluding hydrogens is 162 g/mol. The van der Waals surface area contributed by atoms with Crippen molar-refractivity contribution in [3.8, 4) is 0 Å². The van der Waals surface area contributed by atoms with Gasteiger partial charge in [-0.1, -0.05) is 0 Å². The van der Waals surface area contributed by atoms with Gasteiger partial charge in [0.2, 0.25) is 0 Å². The highest BCUT2D eigenvalue weighted by atomic mass is 32.1. The number of thiazole rings is 1. The second-order valence-electron chi connectivity index (χ2n) is 2.65. The van der Waals surface area contributed by atoms with Crippen LogP contribution >= 0.6 is 11.3 Å². The van der Waals surface area contributed by atoms with Gasteiger partial charge < -0.3 is 5.11 Å². The van der Waals surface area contributed by atoms with Crippen molar-refractivity contribution in [3.63, 3.8) is 0 Å². The minimum absolute atomic E-state index is 0.424. The van der Waals surface area contributed by atoms with Gasteiger partial charge in [-0.2, -0.15) is 0 Å². The Labute approximate surface area is 67.7 Å². The summed E-state index contributed by atoms with van der Waals surface area (Å²) in [6, 6.07) is 0. The van der Waals surface area contributed by atoms with E-state index in [4.69, 9.17) is 5.11 Å². The lowest BCUT2D eigenvalue weighted by Gasteiger charge is -1.91. The molecule has 1 aromatic heterocycles. The highest BCUT2D eigenvalue weighted by Crippen LogP contribution is 2.41. The molecule has 0 unspecified atom stereocenters. The number of carbonyl (C=O) groups is 1. The molecule has 1 aliphatic rings. The first-order chi connectivity index (χ1) is 5.29. The van der Waals surface area contributed by atoms with Gasteiger partial charge in [0.25, 0.3) is 0 Å². The Morgan fingerprint density at radius 1 is 1.73 bits per heavy atom.